The summed E-state index contributed by atoms with van der Waals surface area (Å²) in [6.45, 7) is 9.66. The number of nitrogens with zero attached hydrogens (tertiary/aromatic N) is 4. The quantitative estimate of drug-likeness (QED) is 0.750. The molecule has 1 aromatic rings. The van der Waals surface area contributed by atoms with E-state index in [4.69, 9.17) is 9.47 Å². The largest absolute Gasteiger partial charge is 0.492 e. The Hall–Kier alpha value is -2.71. The van der Waals surface area contributed by atoms with Crippen LogP contribution in [0.2, 0.25) is 0 Å². The molecule has 3 aliphatic rings. The van der Waals surface area contributed by atoms with E-state index in [-0.39, 0.29) is 11.9 Å². The number of aliphatic imine (C=N–C) groups is 1. The van der Waals surface area contributed by atoms with Gasteiger partial charge in [-0.1, -0.05) is 0 Å². The summed E-state index contributed by atoms with van der Waals surface area (Å²) in [5, 5.41) is 8.86. The maximum Gasteiger partial charge on any atom is 0.159 e. The number of nitrogens with one attached hydrogen (secondary N) is 1. The van der Waals surface area contributed by atoms with Crippen LogP contribution in [0.25, 0.3) is 5.57 Å². The SMILES string of the molecule is C=NN1C=CC2=N/C1=C(/C)c1cc(ccc1F)OC[C@@H]1COCCN1CCN2. The molecule has 1 saturated heterocycles. The van der Waals surface area contributed by atoms with Gasteiger partial charge >= 0.3 is 0 Å². The summed E-state index contributed by atoms with van der Waals surface area (Å²) in [6, 6.07) is 4.93. The Balaban J connectivity index is 1.75. The molecule has 0 radical (unpaired) electrons. The molecule has 0 spiro atoms. The summed E-state index contributed by atoms with van der Waals surface area (Å²) in [7, 11) is 0. The van der Waals surface area contributed by atoms with Gasteiger partial charge in [0.2, 0.25) is 0 Å². The number of allylic oxidation sites excluding steroid dienone is 1. The highest BCUT2D eigenvalue weighted by atomic mass is 19.1. The number of rotatable bonds is 1. The second-order valence-electron chi connectivity index (χ2n) is 6.89. The van der Waals surface area contributed by atoms with E-state index in [1.807, 2.05) is 13.0 Å². The lowest BCUT2D eigenvalue weighted by Gasteiger charge is -2.35. The molecule has 3 aliphatic heterocycles. The molecule has 7 nitrogen and oxygen atoms in total. The van der Waals surface area contributed by atoms with Crippen molar-refractivity contribution in [1.29, 1.82) is 0 Å². The van der Waals surface area contributed by atoms with E-state index < -0.39 is 0 Å². The Labute approximate surface area is 163 Å². The van der Waals surface area contributed by atoms with Crippen LogP contribution in [0, 0.1) is 5.82 Å². The average Bonchev–Trinajstić information content (AvgIpc) is 2.73. The van der Waals surface area contributed by atoms with Gasteiger partial charge < -0.3 is 14.8 Å². The minimum absolute atomic E-state index is 0.156. The van der Waals surface area contributed by atoms with E-state index in [2.05, 4.69) is 27.0 Å². The molecule has 0 amide bonds. The minimum atomic E-state index is -0.338. The Bertz CT molecular complexity index is 851. The molecular weight excluding hydrogens is 361 g/mol. The number of halogens is 1. The molecular formula is C20H24FN5O2. The first kappa shape index (κ1) is 18.6. The highest BCUT2D eigenvalue weighted by molar-refractivity contribution is 5.95. The molecule has 1 N–H and O–H groups in total. The van der Waals surface area contributed by atoms with Crippen LogP contribution >= 0.6 is 0 Å². The summed E-state index contributed by atoms with van der Waals surface area (Å²) >= 11 is 0. The van der Waals surface area contributed by atoms with Crippen molar-refractivity contribution in [2.24, 2.45) is 10.1 Å². The smallest absolute Gasteiger partial charge is 0.159 e. The van der Waals surface area contributed by atoms with Crippen molar-refractivity contribution >= 4 is 18.1 Å². The summed E-state index contributed by atoms with van der Waals surface area (Å²) < 4.78 is 26.2. The normalized spacial score (nSPS) is 25.7. The molecule has 28 heavy (non-hydrogen) atoms. The van der Waals surface area contributed by atoms with Crippen LogP contribution < -0.4 is 10.1 Å². The number of hydrogen-bond donors (Lipinski definition) is 1. The van der Waals surface area contributed by atoms with Crippen LogP contribution in [0.5, 0.6) is 5.75 Å². The highest BCUT2D eigenvalue weighted by Gasteiger charge is 2.24. The Morgan fingerprint density at radius 3 is 3.07 bits per heavy atom. The van der Waals surface area contributed by atoms with Crippen LogP contribution in [-0.2, 0) is 4.74 Å². The molecule has 0 unspecified atom stereocenters. The van der Waals surface area contributed by atoms with E-state index in [9.17, 15) is 4.39 Å². The van der Waals surface area contributed by atoms with Gasteiger partial charge in [0.1, 0.15) is 24.0 Å². The summed E-state index contributed by atoms with van der Waals surface area (Å²) in [5.41, 5.74) is 1.08. The number of benzene rings is 1. The zero-order chi connectivity index (χ0) is 19.5. The maximum atomic E-state index is 14.6. The van der Waals surface area contributed by atoms with Crippen LogP contribution in [0.4, 0.5) is 4.39 Å². The third-order valence-electron chi connectivity index (χ3n) is 5.14. The van der Waals surface area contributed by atoms with Gasteiger partial charge in [0.15, 0.2) is 5.82 Å². The van der Waals surface area contributed by atoms with Crippen molar-refractivity contribution in [3.63, 3.8) is 0 Å². The van der Waals surface area contributed by atoms with Gasteiger partial charge in [-0.05, 0) is 31.2 Å². The molecule has 1 aromatic carbocycles. The van der Waals surface area contributed by atoms with E-state index in [1.54, 1.807) is 18.3 Å². The summed E-state index contributed by atoms with van der Waals surface area (Å²) in [5.74, 6) is 1.52. The Morgan fingerprint density at radius 2 is 2.21 bits per heavy atom. The van der Waals surface area contributed by atoms with Gasteiger partial charge in [-0.25, -0.2) is 14.4 Å². The van der Waals surface area contributed by atoms with E-state index >= 15 is 0 Å². The summed E-state index contributed by atoms with van der Waals surface area (Å²) in [6.07, 6.45) is 3.60. The first-order valence-electron chi connectivity index (χ1n) is 9.38. The molecule has 148 valence electrons. The molecule has 3 heterocycles. The molecule has 0 saturated carbocycles. The zero-order valence-corrected chi connectivity index (χ0v) is 15.9. The predicted octanol–water partition coefficient (Wildman–Crippen LogP) is 2.04. The lowest BCUT2D eigenvalue weighted by molar-refractivity contribution is -0.0223. The maximum absolute atomic E-state index is 14.6. The zero-order valence-electron chi connectivity index (χ0n) is 15.9. The fourth-order valence-electron chi connectivity index (χ4n) is 3.54. The van der Waals surface area contributed by atoms with E-state index in [0.29, 0.717) is 48.4 Å². The number of hydrazone groups is 1. The van der Waals surface area contributed by atoms with Gasteiger partial charge in [-0.15, -0.1) is 0 Å². The van der Waals surface area contributed by atoms with Crippen LogP contribution in [0.1, 0.15) is 12.5 Å². The third-order valence-corrected chi connectivity index (χ3v) is 5.14. The average molecular weight is 385 g/mol. The number of hydrogen-bond acceptors (Lipinski definition) is 7. The first-order valence-corrected chi connectivity index (χ1v) is 9.38. The number of morpholine rings is 1. The van der Waals surface area contributed by atoms with Gasteiger partial charge in [0, 0.05) is 43.7 Å². The lowest BCUT2D eigenvalue weighted by Crippen LogP contribution is -2.50. The topological polar surface area (TPSA) is 61.7 Å². The second kappa shape index (κ2) is 8.12. The van der Waals surface area contributed by atoms with Crippen molar-refractivity contribution in [3.8, 4) is 5.75 Å². The molecule has 8 heteroatoms. The van der Waals surface area contributed by atoms with Crippen molar-refractivity contribution in [1.82, 2.24) is 15.2 Å². The van der Waals surface area contributed by atoms with Gasteiger partial charge in [0.25, 0.3) is 0 Å². The van der Waals surface area contributed by atoms with Gasteiger partial charge in [0.05, 0.1) is 19.3 Å². The standard InChI is InChI=1S/C20H24FN5O2/c1-14-17-11-16(3-4-18(17)21)28-13-15-12-27-10-9-25(15)8-6-23-19-5-7-26(22-2)20(14)24-19/h3-5,7,11,15H,2,6,8-10,12-13H2,1H3,(H,23,24)/b20-14+/t15-/m0/s1. The Kier molecular flexibility index (Phi) is 5.40. The van der Waals surface area contributed by atoms with Crippen LogP contribution in [0.3, 0.4) is 0 Å². The predicted molar refractivity (Wildman–Crippen MR) is 107 cm³/mol. The monoisotopic (exact) mass is 385 g/mol. The minimum Gasteiger partial charge on any atom is -0.492 e. The molecule has 1 atom stereocenters. The van der Waals surface area contributed by atoms with E-state index in [1.165, 1.54) is 11.1 Å². The second-order valence-corrected chi connectivity index (χ2v) is 6.89. The third kappa shape index (κ3) is 3.79. The Morgan fingerprint density at radius 1 is 1.32 bits per heavy atom. The van der Waals surface area contributed by atoms with Gasteiger partial charge in [-0.2, -0.15) is 5.10 Å². The van der Waals surface area contributed by atoms with Crippen molar-refractivity contribution < 1.29 is 13.9 Å². The number of ether oxygens (including phenoxy) is 2. The highest BCUT2D eigenvalue weighted by Crippen LogP contribution is 2.29. The van der Waals surface area contributed by atoms with Crippen molar-refractivity contribution in [2.75, 3.05) is 39.5 Å². The number of fused-ring (bicyclic) bond motifs is 4. The van der Waals surface area contributed by atoms with E-state index in [0.717, 1.165) is 19.6 Å². The molecule has 0 aromatic heterocycles. The van der Waals surface area contributed by atoms with Crippen molar-refractivity contribution in [2.45, 2.75) is 13.0 Å². The first-order chi connectivity index (χ1) is 13.7. The van der Waals surface area contributed by atoms with Crippen molar-refractivity contribution in [3.05, 3.63) is 47.7 Å². The molecule has 4 bridgehead atoms. The summed E-state index contributed by atoms with van der Waals surface area (Å²) in [4.78, 5) is 6.99. The lowest BCUT2D eigenvalue weighted by atomic mass is 10.1. The van der Waals surface area contributed by atoms with Crippen LogP contribution in [0.15, 0.2) is 46.4 Å². The molecule has 1 fully saturated rings. The fraction of sp³-hybridized carbons (Fsp3) is 0.400. The fourth-order valence-corrected chi connectivity index (χ4v) is 3.54. The van der Waals surface area contributed by atoms with Crippen LogP contribution in [-0.4, -0.2) is 68.0 Å². The molecule has 4 rings (SSSR count). The van der Waals surface area contributed by atoms with Gasteiger partial charge in [-0.3, -0.25) is 4.90 Å². The molecule has 0 aliphatic carbocycles. The number of amidine groups is 1.